The van der Waals surface area contributed by atoms with Crippen LogP contribution in [0.25, 0.3) is 0 Å². The van der Waals surface area contributed by atoms with E-state index in [2.05, 4.69) is 20.9 Å². The van der Waals surface area contributed by atoms with Crippen LogP contribution in [0.3, 0.4) is 0 Å². The van der Waals surface area contributed by atoms with E-state index in [0.717, 1.165) is 11.1 Å². The lowest BCUT2D eigenvalue weighted by atomic mass is 10.1. The fraction of sp³-hybridized carbons (Fsp3) is 0.182. The molecule has 7 heteroatoms. The molecule has 6 nitrogen and oxygen atoms in total. The van der Waals surface area contributed by atoms with Crippen molar-refractivity contribution >= 4 is 17.6 Å². The van der Waals surface area contributed by atoms with Gasteiger partial charge in [0.2, 0.25) is 0 Å². The summed E-state index contributed by atoms with van der Waals surface area (Å²) in [6, 6.07) is 17.4. The summed E-state index contributed by atoms with van der Waals surface area (Å²) in [6.07, 6.45) is 2.15. The molecule has 0 fully saturated rings. The third kappa shape index (κ3) is 6.21. The van der Waals surface area contributed by atoms with Gasteiger partial charge in [-0.2, -0.15) is 0 Å². The van der Waals surface area contributed by atoms with Crippen molar-refractivity contribution in [2.75, 3.05) is 18.9 Å². The summed E-state index contributed by atoms with van der Waals surface area (Å²) in [6.45, 7) is 1.16. The van der Waals surface area contributed by atoms with Crippen LogP contribution in [0.2, 0.25) is 0 Å². The van der Waals surface area contributed by atoms with Crippen LogP contribution in [-0.2, 0) is 13.0 Å². The summed E-state index contributed by atoms with van der Waals surface area (Å²) in [5.74, 6) is 0.377. The van der Waals surface area contributed by atoms with Gasteiger partial charge in [0.05, 0.1) is 6.26 Å². The number of nitrogens with zero attached hydrogens (tertiary/aromatic N) is 1. The average Bonchev–Trinajstić information content (AvgIpc) is 3.26. The van der Waals surface area contributed by atoms with E-state index in [0.29, 0.717) is 31.2 Å². The van der Waals surface area contributed by atoms with Crippen molar-refractivity contribution < 1.29 is 13.6 Å². The molecule has 2 aromatic carbocycles. The van der Waals surface area contributed by atoms with Crippen LogP contribution < -0.4 is 16.0 Å². The molecular formula is C22H23FN4O2. The lowest BCUT2D eigenvalue weighted by molar-refractivity contribution is 0.0996. The second kappa shape index (κ2) is 10.1. The average molecular weight is 394 g/mol. The highest BCUT2D eigenvalue weighted by molar-refractivity contribution is 6.02. The van der Waals surface area contributed by atoms with Crippen molar-refractivity contribution in [2.24, 2.45) is 4.99 Å². The van der Waals surface area contributed by atoms with E-state index in [1.807, 2.05) is 30.3 Å². The summed E-state index contributed by atoms with van der Waals surface area (Å²) in [5, 5.41) is 9.24. The summed E-state index contributed by atoms with van der Waals surface area (Å²) < 4.78 is 18.3. The lowest BCUT2D eigenvalue weighted by Crippen LogP contribution is -2.37. The topological polar surface area (TPSA) is 78.7 Å². The smallest absolute Gasteiger partial charge is 0.291 e. The Labute approximate surface area is 168 Å². The largest absolute Gasteiger partial charge is 0.459 e. The second-order valence-corrected chi connectivity index (χ2v) is 6.36. The Bertz CT molecular complexity index is 970. The van der Waals surface area contributed by atoms with Gasteiger partial charge in [-0.1, -0.05) is 24.3 Å². The molecule has 0 atom stereocenters. The highest BCUT2D eigenvalue weighted by atomic mass is 19.1. The molecule has 0 bridgehead atoms. The zero-order chi connectivity index (χ0) is 20.5. The fourth-order valence-electron chi connectivity index (χ4n) is 2.78. The van der Waals surface area contributed by atoms with Crippen LogP contribution in [0.4, 0.5) is 10.1 Å². The molecule has 0 aliphatic heterocycles. The van der Waals surface area contributed by atoms with E-state index in [4.69, 9.17) is 4.42 Å². The van der Waals surface area contributed by atoms with Crippen molar-refractivity contribution in [1.29, 1.82) is 0 Å². The van der Waals surface area contributed by atoms with Crippen molar-refractivity contribution in [2.45, 2.75) is 13.0 Å². The van der Waals surface area contributed by atoms with Gasteiger partial charge in [0.15, 0.2) is 11.7 Å². The molecule has 0 saturated heterocycles. The molecular weight excluding hydrogens is 371 g/mol. The number of hydrogen-bond donors (Lipinski definition) is 3. The van der Waals surface area contributed by atoms with Crippen molar-refractivity contribution in [3.63, 3.8) is 0 Å². The fourth-order valence-corrected chi connectivity index (χ4v) is 2.78. The first-order valence-corrected chi connectivity index (χ1v) is 9.27. The van der Waals surface area contributed by atoms with Gasteiger partial charge in [-0.15, -0.1) is 0 Å². The predicted octanol–water partition coefficient (Wildman–Crippen LogP) is 3.58. The van der Waals surface area contributed by atoms with Gasteiger partial charge in [-0.25, -0.2) is 4.39 Å². The number of hydrogen-bond acceptors (Lipinski definition) is 3. The van der Waals surface area contributed by atoms with Crippen molar-refractivity contribution in [1.82, 2.24) is 10.6 Å². The minimum Gasteiger partial charge on any atom is -0.459 e. The molecule has 29 heavy (non-hydrogen) atoms. The highest BCUT2D eigenvalue weighted by Crippen LogP contribution is 2.12. The maximum absolute atomic E-state index is 13.2. The molecule has 3 aromatic rings. The van der Waals surface area contributed by atoms with Crippen molar-refractivity contribution in [3.8, 4) is 0 Å². The Morgan fingerprint density at radius 1 is 1.03 bits per heavy atom. The molecule has 1 aromatic heterocycles. The monoisotopic (exact) mass is 394 g/mol. The first-order chi connectivity index (χ1) is 14.1. The number of furan rings is 1. The maximum Gasteiger partial charge on any atom is 0.291 e. The summed E-state index contributed by atoms with van der Waals surface area (Å²) >= 11 is 0. The maximum atomic E-state index is 13.2. The van der Waals surface area contributed by atoms with E-state index < -0.39 is 0 Å². The number of carbonyl (C=O) groups is 1. The molecule has 0 saturated carbocycles. The molecule has 0 unspecified atom stereocenters. The van der Waals surface area contributed by atoms with Gasteiger partial charge in [-0.05, 0) is 53.9 Å². The van der Waals surface area contributed by atoms with E-state index in [-0.39, 0.29) is 17.5 Å². The molecule has 1 amide bonds. The summed E-state index contributed by atoms with van der Waals surface area (Å²) in [7, 11) is 1.69. The molecule has 0 radical (unpaired) electrons. The van der Waals surface area contributed by atoms with Crippen molar-refractivity contribution in [3.05, 3.63) is 89.6 Å². The molecule has 3 N–H and O–H groups in total. The minimum atomic E-state index is -0.296. The first-order valence-electron chi connectivity index (χ1n) is 9.27. The van der Waals surface area contributed by atoms with E-state index in [1.165, 1.54) is 18.4 Å². The Morgan fingerprint density at radius 3 is 2.62 bits per heavy atom. The van der Waals surface area contributed by atoms with Gasteiger partial charge in [0.25, 0.3) is 5.91 Å². The zero-order valence-electron chi connectivity index (χ0n) is 16.1. The van der Waals surface area contributed by atoms with Gasteiger partial charge < -0.3 is 20.4 Å². The number of guanidine groups is 1. The van der Waals surface area contributed by atoms with Gasteiger partial charge in [-0.3, -0.25) is 9.79 Å². The zero-order valence-corrected chi connectivity index (χ0v) is 16.1. The third-order valence-corrected chi connectivity index (χ3v) is 4.21. The van der Waals surface area contributed by atoms with E-state index in [9.17, 15) is 9.18 Å². The van der Waals surface area contributed by atoms with Crippen LogP contribution >= 0.6 is 0 Å². The van der Waals surface area contributed by atoms with E-state index >= 15 is 0 Å². The van der Waals surface area contributed by atoms with Gasteiger partial charge >= 0.3 is 0 Å². The standard InChI is InChI=1S/C22H23FN4O2/c1-24-22(25-11-10-16-5-2-7-18(23)13-16)26-15-17-6-3-8-19(14-17)27-21(28)20-9-4-12-29-20/h2-9,12-14H,10-11,15H2,1H3,(H,27,28)(H2,24,25,26). The number of carbonyl (C=O) groups excluding carboxylic acids is 1. The van der Waals surface area contributed by atoms with Crippen LogP contribution in [-0.4, -0.2) is 25.5 Å². The quantitative estimate of drug-likeness (QED) is 0.423. The highest BCUT2D eigenvalue weighted by Gasteiger charge is 2.09. The third-order valence-electron chi connectivity index (χ3n) is 4.21. The van der Waals surface area contributed by atoms with Gasteiger partial charge in [0.1, 0.15) is 5.82 Å². The molecule has 0 aliphatic carbocycles. The van der Waals surface area contributed by atoms with Crippen LogP contribution in [0.5, 0.6) is 0 Å². The Hall–Kier alpha value is -3.61. The SMILES string of the molecule is CN=C(NCCc1cccc(F)c1)NCc1cccc(NC(=O)c2ccco2)c1. The van der Waals surface area contributed by atoms with Gasteiger partial charge in [0, 0.05) is 25.8 Å². The number of halogens is 1. The van der Waals surface area contributed by atoms with Crippen LogP contribution in [0.15, 0.2) is 76.3 Å². The lowest BCUT2D eigenvalue weighted by Gasteiger charge is -2.13. The van der Waals surface area contributed by atoms with Crippen LogP contribution in [0.1, 0.15) is 21.7 Å². The summed E-state index contributed by atoms with van der Waals surface area (Å²) in [4.78, 5) is 16.3. The minimum absolute atomic E-state index is 0.232. The molecule has 150 valence electrons. The first kappa shape index (κ1) is 20.1. The number of aliphatic imine (C=N–C) groups is 1. The molecule has 0 aliphatic rings. The predicted molar refractivity (Wildman–Crippen MR) is 111 cm³/mol. The number of amides is 1. The number of benzene rings is 2. The van der Waals surface area contributed by atoms with E-state index in [1.54, 1.807) is 25.2 Å². The Morgan fingerprint density at radius 2 is 1.86 bits per heavy atom. The number of nitrogens with one attached hydrogen (secondary N) is 3. The number of anilines is 1. The molecule has 3 rings (SSSR count). The molecule has 1 heterocycles. The number of rotatable bonds is 7. The second-order valence-electron chi connectivity index (χ2n) is 6.36. The van der Waals surface area contributed by atoms with Crippen LogP contribution in [0, 0.1) is 5.82 Å². The summed E-state index contributed by atoms with van der Waals surface area (Å²) in [5.41, 5.74) is 2.59. The normalized spacial score (nSPS) is 11.2. The Balaban J connectivity index is 1.48. The molecule has 0 spiro atoms. The Kier molecular flexibility index (Phi) is 7.00.